The van der Waals surface area contributed by atoms with E-state index in [4.69, 9.17) is 5.11 Å². The van der Waals surface area contributed by atoms with Gasteiger partial charge in [0.1, 0.15) is 0 Å². The largest absolute Gasteiger partial charge is 0.481 e. The number of rotatable bonds is 6. The number of carbonyl (C=O) groups excluding carboxylic acids is 1. The molecule has 0 radical (unpaired) electrons. The second-order valence-corrected chi connectivity index (χ2v) is 3.88. The van der Waals surface area contributed by atoms with Gasteiger partial charge in [0, 0.05) is 19.6 Å². The van der Waals surface area contributed by atoms with E-state index in [1.54, 1.807) is 0 Å². The lowest BCUT2D eigenvalue weighted by molar-refractivity contribution is -0.136. The normalized spacial score (nSPS) is 16.0. The monoisotopic (exact) mass is 229 g/mol. The fourth-order valence-corrected chi connectivity index (χ4v) is 1.68. The van der Waals surface area contributed by atoms with Gasteiger partial charge in [-0.25, -0.2) is 4.79 Å². The van der Waals surface area contributed by atoms with Crippen molar-refractivity contribution in [1.29, 1.82) is 0 Å². The number of urea groups is 1. The third-order valence-corrected chi connectivity index (χ3v) is 2.54. The van der Waals surface area contributed by atoms with Crippen molar-refractivity contribution < 1.29 is 14.7 Å². The third kappa shape index (κ3) is 5.55. The fraction of sp³-hybridized carbons (Fsp3) is 0.800. The van der Waals surface area contributed by atoms with Crippen LogP contribution in [0.1, 0.15) is 19.3 Å². The molecule has 2 amide bonds. The Bertz CT molecular complexity index is 239. The number of hydrogen-bond acceptors (Lipinski definition) is 3. The molecule has 1 rings (SSSR count). The van der Waals surface area contributed by atoms with Crippen molar-refractivity contribution in [2.24, 2.45) is 0 Å². The maximum absolute atomic E-state index is 11.2. The van der Waals surface area contributed by atoms with Crippen LogP contribution in [-0.2, 0) is 4.79 Å². The number of likely N-dealkylation sites (tertiary alicyclic amines) is 1. The zero-order chi connectivity index (χ0) is 11.8. The van der Waals surface area contributed by atoms with E-state index in [0.717, 1.165) is 19.6 Å². The Labute approximate surface area is 95.0 Å². The summed E-state index contributed by atoms with van der Waals surface area (Å²) in [5.74, 6) is -0.905. The van der Waals surface area contributed by atoms with E-state index >= 15 is 0 Å². The van der Waals surface area contributed by atoms with Crippen molar-refractivity contribution >= 4 is 12.0 Å². The summed E-state index contributed by atoms with van der Waals surface area (Å²) in [5.41, 5.74) is 0. The number of nitrogens with one attached hydrogen (secondary N) is 2. The lowest BCUT2D eigenvalue weighted by Gasteiger charge is -2.14. The summed E-state index contributed by atoms with van der Waals surface area (Å²) < 4.78 is 0. The molecule has 16 heavy (non-hydrogen) atoms. The molecule has 0 spiro atoms. The smallest absolute Gasteiger partial charge is 0.314 e. The number of carbonyl (C=O) groups is 2. The van der Waals surface area contributed by atoms with E-state index in [-0.39, 0.29) is 19.0 Å². The molecule has 1 saturated heterocycles. The van der Waals surface area contributed by atoms with E-state index in [2.05, 4.69) is 15.5 Å². The molecule has 6 heteroatoms. The number of nitrogens with zero attached hydrogens (tertiary/aromatic N) is 1. The molecule has 6 nitrogen and oxygen atoms in total. The molecule has 0 aromatic heterocycles. The molecular weight excluding hydrogens is 210 g/mol. The van der Waals surface area contributed by atoms with Crippen LogP contribution in [0.5, 0.6) is 0 Å². The van der Waals surface area contributed by atoms with Gasteiger partial charge in [0.15, 0.2) is 0 Å². The summed E-state index contributed by atoms with van der Waals surface area (Å²) in [6.45, 7) is 3.88. The second-order valence-electron chi connectivity index (χ2n) is 3.88. The van der Waals surface area contributed by atoms with Crippen LogP contribution < -0.4 is 10.6 Å². The lowest BCUT2D eigenvalue weighted by atomic mass is 10.4. The van der Waals surface area contributed by atoms with Crippen LogP contribution in [0.3, 0.4) is 0 Å². The Morgan fingerprint density at radius 1 is 1.12 bits per heavy atom. The van der Waals surface area contributed by atoms with Gasteiger partial charge < -0.3 is 20.6 Å². The Morgan fingerprint density at radius 2 is 1.75 bits per heavy atom. The summed E-state index contributed by atoms with van der Waals surface area (Å²) in [6.07, 6.45) is 2.44. The zero-order valence-electron chi connectivity index (χ0n) is 9.37. The Kier molecular flexibility index (Phi) is 5.63. The highest BCUT2D eigenvalue weighted by Crippen LogP contribution is 2.05. The van der Waals surface area contributed by atoms with Gasteiger partial charge in [-0.1, -0.05) is 0 Å². The maximum atomic E-state index is 11.2. The molecule has 0 aromatic rings. The Morgan fingerprint density at radius 3 is 2.38 bits per heavy atom. The third-order valence-electron chi connectivity index (χ3n) is 2.54. The zero-order valence-corrected chi connectivity index (χ0v) is 9.37. The van der Waals surface area contributed by atoms with Gasteiger partial charge in [-0.3, -0.25) is 4.79 Å². The Hall–Kier alpha value is -1.30. The first-order valence-corrected chi connectivity index (χ1v) is 5.64. The predicted molar refractivity (Wildman–Crippen MR) is 59.3 cm³/mol. The van der Waals surface area contributed by atoms with Gasteiger partial charge in [0.05, 0.1) is 6.42 Å². The van der Waals surface area contributed by atoms with Crippen LogP contribution in [0.15, 0.2) is 0 Å². The second kappa shape index (κ2) is 7.05. The topological polar surface area (TPSA) is 81.7 Å². The highest BCUT2D eigenvalue weighted by Gasteiger charge is 2.10. The van der Waals surface area contributed by atoms with Gasteiger partial charge >= 0.3 is 12.0 Å². The molecule has 92 valence electrons. The summed E-state index contributed by atoms with van der Waals surface area (Å²) in [5, 5.41) is 13.6. The molecule has 1 aliphatic rings. The molecule has 0 unspecified atom stereocenters. The molecule has 1 heterocycles. The molecule has 0 aliphatic carbocycles. The summed E-state index contributed by atoms with van der Waals surface area (Å²) >= 11 is 0. The van der Waals surface area contributed by atoms with Crippen molar-refractivity contribution in [3.63, 3.8) is 0 Å². The SMILES string of the molecule is O=C(O)CCNC(=O)NCCN1CCCC1. The van der Waals surface area contributed by atoms with Crippen LogP contribution in [0, 0.1) is 0 Å². The predicted octanol–water partition coefficient (Wildman–Crippen LogP) is -0.144. The van der Waals surface area contributed by atoms with Gasteiger partial charge in [-0.05, 0) is 25.9 Å². The average Bonchev–Trinajstić information content (AvgIpc) is 2.70. The van der Waals surface area contributed by atoms with Crippen molar-refractivity contribution in [3.8, 4) is 0 Å². The quantitative estimate of drug-likeness (QED) is 0.592. The first-order chi connectivity index (χ1) is 7.68. The van der Waals surface area contributed by atoms with E-state index < -0.39 is 5.97 Å². The number of carboxylic acid groups (broad SMARTS) is 1. The van der Waals surface area contributed by atoms with Crippen molar-refractivity contribution in [2.75, 3.05) is 32.7 Å². The molecule has 0 aromatic carbocycles. The van der Waals surface area contributed by atoms with Crippen LogP contribution in [0.4, 0.5) is 4.79 Å². The number of carboxylic acids is 1. The molecule has 1 aliphatic heterocycles. The molecule has 0 saturated carbocycles. The van der Waals surface area contributed by atoms with E-state index in [9.17, 15) is 9.59 Å². The summed E-state index contributed by atoms with van der Waals surface area (Å²) in [4.78, 5) is 23.7. The fourth-order valence-electron chi connectivity index (χ4n) is 1.68. The molecular formula is C10H19N3O3. The summed E-state index contributed by atoms with van der Waals surface area (Å²) in [6, 6.07) is -0.291. The van der Waals surface area contributed by atoms with Crippen LogP contribution >= 0.6 is 0 Å². The van der Waals surface area contributed by atoms with Crippen LogP contribution in [-0.4, -0.2) is 54.7 Å². The maximum Gasteiger partial charge on any atom is 0.314 e. The highest BCUT2D eigenvalue weighted by atomic mass is 16.4. The number of amides is 2. The average molecular weight is 229 g/mol. The molecule has 0 atom stereocenters. The van der Waals surface area contributed by atoms with E-state index in [1.807, 2.05) is 0 Å². The molecule has 0 bridgehead atoms. The molecule has 1 fully saturated rings. The van der Waals surface area contributed by atoms with Crippen LogP contribution in [0.2, 0.25) is 0 Å². The van der Waals surface area contributed by atoms with E-state index in [0.29, 0.717) is 6.54 Å². The van der Waals surface area contributed by atoms with Crippen LogP contribution in [0.25, 0.3) is 0 Å². The number of hydrogen-bond donors (Lipinski definition) is 3. The molecule has 3 N–H and O–H groups in total. The van der Waals surface area contributed by atoms with Gasteiger partial charge in [-0.2, -0.15) is 0 Å². The van der Waals surface area contributed by atoms with Gasteiger partial charge in [0.25, 0.3) is 0 Å². The van der Waals surface area contributed by atoms with Gasteiger partial charge in [0.2, 0.25) is 0 Å². The first kappa shape index (κ1) is 12.8. The Balaban J connectivity index is 1.95. The standard InChI is InChI=1S/C10H19N3O3/c14-9(15)3-4-11-10(16)12-5-8-13-6-1-2-7-13/h1-8H2,(H,14,15)(H2,11,12,16). The van der Waals surface area contributed by atoms with Crippen molar-refractivity contribution in [3.05, 3.63) is 0 Å². The summed E-state index contributed by atoms with van der Waals surface area (Å²) in [7, 11) is 0. The van der Waals surface area contributed by atoms with E-state index in [1.165, 1.54) is 12.8 Å². The highest BCUT2D eigenvalue weighted by molar-refractivity contribution is 5.74. The minimum absolute atomic E-state index is 0.0421. The minimum Gasteiger partial charge on any atom is -0.481 e. The first-order valence-electron chi connectivity index (χ1n) is 5.64. The minimum atomic E-state index is -0.905. The van der Waals surface area contributed by atoms with Crippen molar-refractivity contribution in [1.82, 2.24) is 15.5 Å². The lowest BCUT2D eigenvalue weighted by Crippen LogP contribution is -2.40. The van der Waals surface area contributed by atoms with Gasteiger partial charge in [-0.15, -0.1) is 0 Å². The van der Waals surface area contributed by atoms with Crippen molar-refractivity contribution in [2.45, 2.75) is 19.3 Å². The number of aliphatic carboxylic acids is 1.